The summed E-state index contributed by atoms with van der Waals surface area (Å²) in [5, 5.41) is 0. The summed E-state index contributed by atoms with van der Waals surface area (Å²) in [5.74, 6) is -4.27. The number of unbranched alkanes of at least 4 members (excludes halogenated alkanes) is 1. The minimum Gasteiger partial charge on any atom is -0.494 e. The molecule has 2 aromatic rings. The molecule has 0 bridgehead atoms. The van der Waals surface area contributed by atoms with Gasteiger partial charge in [0.2, 0.25) is 5.82 Å². The van der Waals surface area contributed by atoms with Crippen molar-refractivity contribution in [3.63, 3.8) is 0 Å². The molecule has 1 fully saturated rings. The van der Waals surface area contributed by atoms with Crippen molar-refractivity contribution < 1.29 is 22.3 Å². The Labute approximate surface area is 182 Å². The van der Waals surface area contributed by atoms with Crippen LogP contribution in [0.25, 0.3) is 11.1 Å². The molecule has 0 spiro atoms. The lowest BCUT2D eigenvalue weighted by molar-refractivity contribution is 0.306. The van der Waals surface area contributed by atoms with Gasteiger partial charge in [-0.25, -0.2) is 13.2 Å². The fourth-order valence-corrected chi connectivity index (χ4v) is 4.48. The Morgan fingerprint density at radius 1 is 0.806 bits per heavy atom. The third-order valence-corrected chi connectivity index (χ3v) is 6.32. The lowest BCUT2D eigenvalue weighted by atomic mass is 9.77. The number of hydrogen-bond acceptors (Lipinski definition) is 1. The Balaban J connectivity index is 1.70. The zero-order chi connectivity index (χ0) is 22.4. The van der Waals surface area contributed by atoms with Crippen molar-refractivity contribution in [2.75, 3.05) is 7.11 Å². The van der Waals surface area contributed by atoms with Gasteiger partial charge in [0.25, 0.3) is 0 Å². The first kappa shape index (κ1) is 23.4. The van der Waals surface area contributed by atoms with Crippen molar-refractivity contribution in [3.8, 4) is 16.9 Å². The zero-order valence-corrected chi connectivity index (χ0v) is 18.2. The van der Waals surface area contributed by atoms with E-state index < -0.39 is 23.3 Å². The molecule has 2 aromatic carbocycles. The average molecular weight is 435 g/mol. The Morgan fingerprint density at radius 3 is 2.06 bits per heavy atom. The summed E-state index contributed by atoms with van der Waals surface area (Å²) in [7, 11) is 1.21. The Hall–Kier alpha value is -2.30. The predicted octanol–water partition coefficient (Wildman–Crippen LogP) is 8.33. The van der Waals surface area contributed by atoms with E-state index in [2.05, 4.69) is 19.1 Å². The molecule has 1 saturated carbocycles. The molecule has 1 nitrogen and oxygen atoms in total. The number of hydrogen-bond donors (Lipinski definition) is 0. The molecular formula is C26H30F4O. The third kappa shape index (κ3) is 5.31. The summed E-state index contributed by atoms with van der Waals surface area (Å²) in [4.78, 5) is 0. The average Bonchev–Trinajstić information content (AvgIpc) is 2.78. The zero-order valence-electron chi connectivity index (χ0n) is 18.2. The van der Waals surface area contributed by atoms with E-state index in [1.165, 1.54) is 31.4 Å². The predicted molar refractivity (Wildman–Crippen MR) is 116 cm³/mol. The number of allylic oxidation sites excluding steroid dienone is 2. The van der Waals surface area contributed by atoms with E-state index in [1.54, 1.807) is 0 Å². The van der Waals surface area contributed by atoms with Crippen LogP contribution in [-0.4, -0.2) is 7.11 Å². The molecule has 0 aliphatic heterocycles. The Morgan fingerprint density at radius 2 is 1.42 bits per heavy atom. The molecule has 3 rings (SSSR count). The van der Waals surface area contributed by atoms with Crippen LogP contribution in [0.15, 0.2) is 36.4 Å². The highest BCUT2D eigenvalue weighted by atomic mass is 19.2. The molecule has 0 saturated heterocycles. The van der Waals surface area contributed by atoms with E-state index in [1.807, 2.05) is 0 Å². The second-order valence-electron chi connectivity index (χ2n) is 8.33. The van der Waals surface area contributed by atoms with Crippen LogP contribution in [0.3, 0.4) is 0 Å². The summed E-state index contributed by atoms with van der Waals surface area (Å²) < 4.78 is 62.9. The van der Waals surface area contributed by atoms with Gasteiger partial charge in [-0.15, -0.1) is 0 Å². The van der Waals surface area contributed by atoms with Crippen LogP contribution >= 0.6 is 0 Å². The highest BCUT2D eigenvalue weighted by molar-refractivity contribution is 5.66. The highest BCUT2D eigenvalue weighted by Crippen LogP contribution is 2.40. The molecule has 0 heterocycles. The van der Waals surface area contributed by atoms with Gasteiger partial charge in [-0.05, 0) is 74.5 Å². The maximum atomic E-state index is 14.9. The van der Waals surface area contributed by atoms with Crippen molar-refractivity contribution in [1.29, 1.82) is 0 Å². The van der Waals surface area contributed by atoms with E-state index in [0.29, 0.717) is 11.5 Å². The maximum absolute atomic E-state index is 14.9. The van der Waals surface area contributed by atoms with Crippen LogP contribution in [0.1, 0.15) is 69.8 Å². The quantitative estimate of drug-likeness (QED) is 0.300. The van der Waals surface area contributed by atoms with Crippen molar-refractivity contribution in [3.05, 3.63) is 65.2 Å². The molecule has 0 aromatic heterocycles. The first-order valence-corrected chi connectivity index (χ1v) is 11.1. The SMILES string of the molecule is CCCC=CCCC1CCC(c2ccc(-c3ccc(OC)c(F)c3F)c(F)c2F)CC1. The standard InChI is InChI=1S/C26H30F4O/c1-3-4-5-6-7-8-17-9-11-18(12-10-17)19-13-14-20(24(28)23(19)27)21-15-16-22(31-2)26(30)25(21)29/h5-6,13-18H,3-4,7-12H2,1-2H3. The number of rotatable bonds is 8. The van der Waals surface area contributed by atoms with E-state index >= 15 is 0 Å². The van der Waals surface area contributed by atoms with Crippen molar-refractivity contribution in [2.24, 2.45) is 5.92 Å². The van der Waals surface area contributed by atoms with Crippen molar-refractivity contribution >= 4 is 0 Å². The Kier molecular flexibility index (Phi) is 8.16. The maximum Gasteiger partial charge on any atom is 0.201 e. The molecule has 31 heavy (non-hydrogen) atoms. The summed E-state index contributed by atoms with van der Waals surface area (Å²) in [5.41, 5.74) is -0.272. The molecule has 0 amide bonds. The van der Waals surface area contributed by atoms with Crippen LogP contribution in [0.5, 0.6) is 5.75 Å². The van der Waals surface area contributed by atoms with E-state index in [-0.39, 0.29) is 22.8 Å². The summed E-state index contributed by atoms with van der Waals surface area (Å²) >= 11 is 0. The van der Waals surface area contributed by atoms with Crippen LogP contribution in [0, 0.1) is 29.2 Å². The first-order valence-electron chi connectivity index (χ1n) is 11.1. The smallest absolute Gasteiger partial charge is 0.201 e. The number of methoxy groups -OCH3 is 1. The third-order valence-electron chi connectivity index (χ3n) is 6.32. The van der Waals surface area contributed by atoms with Crippen molar-refractivity contribution in [1.82, 2.24) is 0 Å². The number of benzene rings is 2. The second kappa shape index (κ2) is 10.8. The molecule has 0 radical (unpaired) electrons. The topological polar surface area (TPSA) is 9.23 Å². The molecule has 168 valence electrons. The van der Waals surface area contributed by atoms with Gasteiger partial charge in [-0.3, -0.25) is 0 Å². The van der Waals surface area contributed by atoms with E-state index in [9.17, 15) is 17.6 Å². The minimum atomic E-state index is -1.25. The fraction of sp³-hybridized carbons (Fsp3) is 0.462. The molecule has 5 heteroatoms. The fourth-order valence-electron chi connectivity index (χ4n) is 4.48. The normalized spacial score (nSPS) is 19.2. The first-order chi connectivity index (χ1) is 15.0. The summed E-state index contributed by atoms with van der Waals surface area (Å²) in [6.07, 6.45) is 12.5. The van der Waals surface area contributed by atoms with Crippen LogP contribution in [0.2, 0.25) is 0 Å². The van der Waals surface area contributed by atoms with Gasteiger partial charge in [0.05, 0.1) is 7.11 Å². The molecule has 0 atom stereocenters. The van der Waals surface area contributed by atoms with Gasteiger partial charge < -0.3 is 4.74 Å². The summed E-state index contributed by atoms with van der Waals surface area (Å²) in [6, 6.07) is 5.28. The van der Waals surface area contributed by atoms with Crippen molar-refractivity contribution in [2.45, 2.75) is 64.2 Å². The van der Waals surface area contributed by atoms with Gasteiger partial charge >= 0.3 is 0 Å². The molecule has 1 aliphatic carbocycles. The monoisotopic (exact) mass is 434 g/mol. The summed E-state index contributed by atoms with van der Waals surface area (Å²) in [6.45, 7) is 2.16. The van der Waals surface area contributed by atoms with Gasteiger partial charge in [0.1, 0.15) is 0 Å². The van der Waals surface area contributed by atoms with E-state index in [0.717, 1.165) is 51.4 Å². The van der Waals surface area contributed by atoms with Crippen LogP contribution < -0.4 is 4.74 Å². The minimum absolute atomic E-state index is 0.0483. The molecule has 0 N–H and O–H groups in total. The lowest BCUT2D eigenvalue weighted by Crippen LogP contribution is -2.15. The number of halogens is 4. The van der Waals surface area contributed by atoms with Crippen LogP contribution in [-0.2, 0) is 0 Å². The van der Waals surface area contributed by atoms with E-state index in [4.69, 9.17) is 4.74 Å². The van der Waals surface area contributed by atoms with Gasteiger partial charge in [-0.1, -0.05) is 37.6 Å². The molecule has 1 aliphatic rings. The van der Waals surface area contributed by atoms with Crippen LogP contribution in [0.4, 0.5) is 17.6 Å². The largest absolute Gasteiger partial charge is 0.494 e. The van der Waals surface area contributed by atoms with Gasteiger partial charge in [0.15, 0.2) is 23.2 Å². The molecular weight excluding hydrogens is 404 g/mol. The second-order valence-corrected chi connectivity index (χ2v) is 8.33. The lowest BCUT2D eigenvalue weighted by Gasteiger charge is -2.29. The highest BCUT2D eigenvalue weighted by Gasteiger charge is 2.27. The molecule has 0 unspecified atom stereocenters. The number of ether oxygens (including phenoxy) is 1. The Bertz CT molecular complexity index is 914. The van der Waals surface area contributed by atoms with Gasteiger partial charge in [-0.2, -0.15) is 4.39 Å². The van der Waals surface area contributed by atoms with Gasteiger partial charge in [0, 0.05) is 11.1 Å².